The van der Waals surface area contributed by atoms with Gasteiger partial charge in [-0.2, -0.15) is 0 Å². The molecule has 2 amide bonds. The Balaban J connectivity index is 1.62. The van der Waals surface area contributed by atoms with Crippen molar-refractivity contribution in [1.29, 1.82) is 0 Å². The summed E-state index contributed by atoms with van der Waals surface area (Å²) in [6, 6.07) is 13.6. The van der Waals surface area contributed by atoms with E-state index in [1.165, 1.54) is 12.1 Å². The van der Waals surface area contributed by atoms with Crippen LogP contribution in [0.4, 0.5) is 10.1 Å². The molecule has 0 bridgehead atoms. The van der Waals surface area contributed by atoms with Gasteiger partial charge in [0.05, 0.1) is 6.04 Å². The average molecular weight is 413 g/mol. The lowest BCUT2D eigenvalue weighted by molar-refractivity contribution is -0.136. The standard InChI is InChI=1S/C23H29FN4O2/c1-3-17-4-10-20(11-5-17)26-23(30)22(29)25-16-21(18-6-8-19(24)9-7-18)28-14-12-27(2)13-15-28/h4-11,21H,3,12-16H2,1-2H3,(H,25,29)(H,26,30). The van der Waals surface area contributed by atoms with Crippen LogP contribution in [-0.2, 0) is 16.0 Å². The molecule has 1 atom stereocenters. The van der Waals surface area contributed by atoms with Gasteiger partial charge in [-0.25, -0.2) is 4.39 Å². The third kappa shape index (κ3) is 5.87. The first kappa shape index (κ1) is 21.9. The van der Waals surface area contributed by atoms with Gasteiger partial charge in [-0.05, 0) is 48.9 Å². The monoisotopic (exact) mass is 412 g/mol. The summed E-state index contributed by atoms with van der Waals surface area (Å²) in [6.07, 6.45) is 0.909. The molecule has 160 valence electrons. The summed E-state index contributed by atoms with van der Waals surface area (Å²) in [6.45, 7) is 5.84. The highest BCUT2D eigenvalue weighted by atomic mass is 19.1. The molecule has 30 heavy (non-hydrogen) atoms. The summed E-state index contributed by atoms with van der Waals surface area (Å²) in [7, 11) is 2.07. The predicted molar refractivity (Wildman–Crippen MR) is 116 cm³/mol. The van der Waals surface area contributed by atoms with Crippen molar-refractivity contribution in [1.82, 2.24) is 15.1 Å². The molecule has 0 saturated carbocycles. The fourth-order valence-corrected chi connectivity index (χ4v) is 3.56. The van der Waals surface area contributed by atoms with Crippen molar-refractivity contribution in [2.45, 2.75) is 19.4 Å². The van der Waals surface area contributed by atoms with Crippen molar-refractivity contribution >= 4 is 17.5 Å². The van der Waals surface area contributed by atoms with Crippen molar-refractivity contribution in [3.8, 4) is 0 Å². The topological polar surface area (TPSA) is 64.7 Å². The second kappa shape index (κ2) is 10.3. The molecular weight excluding hydrogens is 383 g/mol. The summed E-state index contributed by atoms with van der Waals surface area (Å²) in [5.41, 5.74) is 2.66. The maximum atomic E-state index is 13.4. The second-order valence-corrected chi connectivity index (χ2v) is 7.62. The maximum absolute atomic E-state index is 13.4. The number of likely N-dealkylation sites (N-methyl/N-ethyl adjacent to an activating group) is 1. The predicted octanol–water partition coefficient (Wildman–Crippen LogP) is 2.43. The summed E-state index contributed by atoms with van der Waals surface area (Å²) in [5.74, 6) is -1.68. The molecule has 2 aromatic rings. The SMILES string of the molecule is CCc1ccc(NC(=O)C(=O)NCC(c2ccc(F)cc2)N2CCN(C)CC2)cc1. The average Bonchev–Trinajstić information content (AvgIpc) is 2.76. The van der Waals surface area contributed by atoms with Crippen LogP contribution in [0.2, 0.25) is 0 Å². The number of benzene rings is 2. The van der Waals surface area contributed by atoms with Crippen molar-refractivity contribution < 1.29 is 14.0 Å². The number of carbonyl (C=O) groups is 2. The first-order valence-corrected chi connectivity index (χ1v) is 10.3. The van der Waals surface area contributed by atoms with Gasteiger partial charge in [-0.1, -0.05) is 31.2 Å². The number of amides is 2. The molecule has 1 aliphatic rings. The van der Waals surface area contributed by atoms with Crippen LogP contribution in [0.5, 0.6) is 0 Å². The van der Waals surface area contributed by atoms with E-state index >= 15 is 0 Å². The fraction of sp³-hybridized carbons (Fsp3) is 0.391. The quantitative estimate of drug-likeness (QED) is 0.716. The number of carbonyl (C=O) groups excluding carboxylic acids is 2. The Bertz CT molecular complexity index is 847. The second-order valence-electron chi connectivity index (χ2n) is 7.62. The number of hydrogen-bond donors (Lipinski definition) is 2. The Kier molecular flexibility index (Phi) is 7.54. The molecule has 0 radical (unpaired) electrons. The highest BCUT2D eigenvalue weighted by Gasteiger charge is 2.25. The first-order chi connectivity index (χ1) is 14.5. The summed E-state index contributed by atoms with van der Waals surface area (Å²) < 4.78 is 13.4. The van der Waals surface area contributed by atoms with E-state index < -0.39 is 11.8 Å². The van der Waals surface area contributed by atoms with Gasteiger partial charge in [0.2, 0.25) is 0 Å². The number of rotatable bonds is 6. The lowest BCUT2D eigenvalue weighted by Gasteiger charge is -2.38. The minimum atomic E-state index is -0.699. The lowest BCUT2D eigenvalue weighted by Crippen LogP contribution is -2.49. The lowest BCUT2D eigenvalue weighted by atomic mass is 10.0. The molecule has 1 saturated heterocycles. The summed E-state index contributed by atoms with van der Waals surface area (Å²) in [4.78, 5) is 29.2. The molecule has 0 spiro atoms. The van der Waals surface area contributed by atoms with E-state index in [9.17, 15) is 14.0 Å². The van der Waals surface area contributed by atoms with Crippen LogP contribution in [0.1, 0.15) is 24.1 Å². The molecule has 1 unspecified atom stereocenters. The summed E-state index contributed by atoms with van der Waals surface area (Å²) in [5, 5.41) is 5.38. The third-order valence-electron chi connectivity index (χ3n) is 5.52. The van der Waals surface area contributed by atoms with E-state index in [1.807, 2.05) is 12.1 Å². The number of hydrogen-bond acceptors (Lipinski definition) is 4. The molecule has 1 fully saturated rings. The molecule has 1 aliphatic heterocycles. The molecule has 3 rings (SSSR count). The van der Waals surface area contributed by atoms with Crippen LogP contribution >= 0.6 is 0 Å². The molecular formula is C23H29FN4O2. The fourth-order valence-electron chi connectivity index (χ4n) is 3.56. The molecule has 1 heterocycles. The molecule has 7 heteroatoms. The Morgan fingerprint density at radius 2 is 1.60 bits per heavy atom. The van der Waals surface area contributed by atoms with Crippen LogP contribution in [-0.4, -0.2) is 61.4 Å². The zero-order valence-corrected chi connectivity index (χ0v) is 17.5. The number of aryl methyl sites for hydroxylation is 1. The van der Waals surface area contributed by atoms with E-state index in [0.29, 0.717) is 5.69 Å². The van der Waals surface area contributed by atoms with Crippen molar-refractivity contribution in [3.05, 3.63) is 65.5 Å². The third-order valence-corrected chi connectivity index (χ3v) is 5.52. The highest BCUT2D eigenvalue weighted by Crippen LogP contribution is 2.22. The van der Waals surface area contributed by atoms with Crippen LogP contribution in [0, 0.1) is 5.82 Å². The van der Waals surface area contributed by atoms with Gasteiger partial charge in [0.25, 0.3) is 0 Å². The summed E-state index contributed by atoms with van der Waals surface area (Å²) >= 11 is 0. The number of halogens is 1. The zero-order chi connectivity index (χ0) is 21.5. The van der Waals surface area contributed by atoms with Gasteiger partial charge in [0, 0.05) is 38.4 Å². The van der Waals surface area contributed by atoms with Crippen LogP contribution < -0.4 is 10.6 Å². The highest BCUT2D eigenvalue weighted by molar-refractivity contribution is 6.39. The molecule has 6 nitrogen and oxygen atoms in total. The zero-order valence-electron chi connectivity index (χ0n) is 17.5. The Hall–Kier alpha value is -2.77. The van der Waals surface area contributed by atoms with Gasteiger partial charge in [-0.3, -0.25) is 14.5 Å². The Morgan fingerprint density at radius 3 is 2.20 bits per heavy atom. The smallest absolute Gasteiger partial charge is 0.313 e. The van der Waals surface area contributed by atoms with Crippen molar-refractivity contribution in [2.75, 3.05) is 45.1 Å². The van der Waals surface area contributed by atoms with Crippen molar-refractivity contribution in [2.24, 2.45) is 0 Å². The van der Waals surface area contributed by atoms with Crippen LogP contribution in [0.25, 0.3) is 0 Å². The van der Waals surface area contributed by atoms with Crippen molar-refractivity contribution in [3.63, 3.8) is 0 Å². The minimum Gasteiger partial charge on any atom is -0.346 e. The van der Waals surface area contributed by atoms with Gasteiger partial charge < -0.3 is 15.5 Å². The first-order valence-electron chi connectivity index (χ1n) is 10.3. The van der Waals surface area contributed by atoms with Crippen LogP contribution in [0.3, 0.4) is 0 Å². The molecule has 0 aromatic heterocycles. The van der Waals surface area contributed by atoms with Gasteiger partial charge in [0.15, 0.2) is 0 Å². The van der Waals surface area contributed by atoms with Gasteiger partial charge >= 0.3 is 11.8 Å². The van der Waals surface area contributed by atoms with E-state index in [1.54, 1.807) is 24.3 Å². The Morgan fingerprint density at radius 1 is 0.967 bits per heavy atom. The molecule has 2 N–H and O–H groups in total. The normalized spacial score (nSPS) is 16.1. The number of nitrogens with one attached hydrogen (secondary N) is 2. The minimum absolute atomic E-state index is 0.125. The van der Waals surface area contributed by atoms with E-state index in [2.05, 4.69) is 34.4 Å². The van der Waals surface area contributed by atoms with Crippen LogP contribution in [0.15, 0.2) is 48.5 Å². The van der Waals surface area contributed by atoms with E-state index in [4.69, 9.17) is 0 Å². The van der Waals surface area contributed by atoms with Gasteiger partial charge in [0.1, 0.15) is 5.82 Å². The number of piperazine rings is 1. The number of nitrogens with zero attached hydrogens (tertiary/aromatic N) is 2. The molecule has 0 aliphatic carbocycles. The van der Waals surface area contributed by atoms with E-state index in [-0.39, 0.29) is 18.4 Å². The maximum Gasteiger partial charge on any atom is 0.313 e. The largest absolute Gasteiger partial charge is 0.346 e. The molecule has 2 aromatic carbocycles. The van der Waals surface area contributed by atoms with Gasteiger partial charge in [-0.15, -0.1) is 0 Å². The number of anilines is 1. The Labute approximate surface area is 177 Å². The van der Waals surface area contributed by atoms with E-state index in [0.717, 1.165) is 43.7 Å².